The molecule has 0 aliphatic heterocycles. The molecule has 0 atom stereocenters. The van der Waals surface area contributed by atoms with Gasteiger partial charge in [-0.2, -0.15) is 0 Å². The van der Waals surface area contributed by atoms with Gasteiger partial charge in [-0.05, 0) is 37.1 Å². The number of furan rings is 1. The Labute approximate surface area is 130 Å². The molecule has 7 heteroatoms. The summed E-state index contributed by atoms with van der Waals surface area (Å²) in [6.45, 7) is -0.231. The minimum absolute atomic E-state index is 0.125. The van der Waals surface area contributed by atoms with Gasteiger partial charge in [0.05, 0.1) is 6.54 Å². The molecule has 0 unspecified atom stereocenters. The third-order valence-electron chi connectivity index (χ3n) is 3.67. The quantitative estimate of drug-likeness (QED) is 0.919. The Hall–Kier alpha value is -2.70. The minimum Gasteiger partial charge on any atom is -0.475 e. The summed E-state index contributed by atoms with van der Waals surface area (Å²) in [6.07, 6.45) is 1.46. The molecule has 2 aromatic rings. The van der Waals surface area contributed by atoms with Crippen LogP contribution in [0.4, 0.5) is 8.78 Å². The second kappa shape index (κ2) is 5.83. The van der Waals surface area contributed by atoms with Crippen LogP contribution >= 0.6 is 0 Å². The van der Waals surface area contributed by atoms with E-state index in [-0.39, 0.29) is 29.7 Å². The number of hydrogen-bond acceptors (Lipinski definition) is 3. The van der Waals surface area contributed by atoms with Crippen LogP contribution in [0.25, 0.3) is 0 Å². The molecule has 1 aromatic heterocycles. The Balaban J connectivity index is 1.86. The van der Waals surface area contributed by atoms with Crippen molar-refractivity contribution in [3.05, 3.63) is 59.1 Å². The summed E-state index contributed by atoms with van der Waals surface area (Å²) in [5.41, 5.74) is -0.197. The molecule has 3 rings (SSSR count). The zero-order chi connectivity index (χ0) is 16.6. The molecular weight excluding hydrogens is 308 g/mol. The van der Waals surface area contributed by atoms with Crippen molar-refractivity contribution in [3.63, 3.8) is 0 Å². The lowest BCUT2D eigenvalue weighted by atomic mass is 10.1. The van der Waals surface area contributed by atoms with Crippen molar-refractivity contribution in [2.45, 2.75) is 25.4 Å². The molecule has 0 spiro atoms. The third kappa shape index (κ3) is 3.08. The molecule has 1 aromatic carbocycles. The largest absolute Gasteiger partial charge is 0.475 e. The molecule has 0 radical (unpaired) electrons. The number of benzene rings is 1. The van der Waals surface area contributed by atoms with Crippen molar-refractivity contribution in [2.75, 3.05) is 0 Å². The maximum Gasteiger partial charge on any atom is 0.371 e. The number of rotatable bonds is 5. The van der Waals surface area contributed by atoms with Crippen LogP contribution in [0.1, 0.15) is 39.5 Å². The first kappa shape index (κ1) is 15.2. The lowest BCUT2D eigenvalue weighted by molar-refractivity contribution is 0.0643. The van der Waals surface area contributed by atoms with Crippen LogP contribution in [0, 0.1) is 11.6 Å². The van der Waals surface area contributed by atoms with Crippen LogP contribution in [0.3, 0.4) is 0 Å². The van der Waals surface area contributed by atoms with E-state index in [2.05, 4.69) is 0 Å². The van der Waals surface area contributed by atoms with Gasteiger partial charge in [0.25, 0.3) is 5.91 Å². The smallest absolute Gasteiger partial charge is 0.371 e. The predicted octanol–water partition coefficient (Wildman–Crippen LogP) is 3.06. The summed E-state index contributed by atoms with van der Waals surface area (Å²) < 4.78 is 32.6. The number of halogens is 2. The zero-order valence-corrected chi connectivity index (χ0v) is 12.0. The van der Waals surface area contributed by atoms with E-state index in [0.29, 0.717) is 0 Å². The van der Waals surface area contributed by atoms with E-state index >= 15 is 0 Å². The van der Waals surface area contributed by atoms with Crippen LogP contribution in [0.2, 0.25) is 0 Å². The summed E-state index contributed by atoms with van der Waals surface area (Å²) in [5, 5.41) is 8.83. The lowest BCUT2D eigenvalue weighted by Crippen LogP contribution is -2.33. The SMILES string of the molecule is O=C(O)c1ccc(C(=O)N(Cc2c(F)cccc2F)C2CC2)o1. The maximum atomic E-state index is 13.8. The molecule has 0 saturated heterocycles. The highest BCUT2D eigenvalue weighted by molar-refractivity contribution is 5.93. The first-order valence-electron chi connectivity index (χ1n) is 7.04. The molecule has 1 aliphatic rings. The van der Waals surface area contributed by atoms with Crippen molar-refractivity contribution >= 4 is 11.9 Å². The lowest BCUT2D eigenvalue weighted by Gasteiger charge is -2.22. The van der Waals surface area contributed by atoms with Crippen molar-refractivity contribution in [3.8, 4) is 0 Å². The number of hydrogen-bond donors (Lipinski definition) is 1. The number of carboxylic acid groups (broad SMARTS) is 1. The van der Waals surface area contributed by atoms with Crippen molar-refractivity contribution in [1.29, 1.82) is 0 Å². The Bertz CT molecular complexity index is 747. The van der Waals surface area contributed by atoms with Gasteiger partial charge in [-0.25, -0.2) is 13.6 Å². The minimum atomic E-state index is -1.29. The van der Waals surface area contributed by atoms with Gasteiger partial charge in [-0.15, -0.1) is 0 Å². The van der Waals surface area contributed by atoms with E-state index in [9.17, 15) is 18.4 Å². The molecule has 1 heterocycles. The van der Waals surface area contributed by atoms with Gasteiger partial charge in [0, 0.05) is 11.6 Å². The molecule has 0 bridgehead atoms. The fourth-order valence-corrected chi connectivity index (χ4v) is 2.32. The number of carboxylic acids is 1. The highest BCUT2D eigenvalue weighted by Crippen LogP contribution is 2.31. The number of aromatic carboxylic acids is 1. The topological polar surface area (TPSA) is 70.8 Å². The fourth-order valence-electron chi connectivity index (χ4n) is 2.32. The molecule has 1 saturated carbocycles. The van der Waals surface area contributed by atoms with E-state index in [1.54, 1.807) is 0 Å². The Morgan fingerprint density at radius 3 is 2.26 bits per heavy atom. The summed E-state index contributed by atoms with van der Waals surface area (Å²) in [6, 6.07) is 5.80. The number of carbonyl (C=O) groups is 2. The van der Waals surface area contributed by atoms with Crippen LogP contribution in [-0.4, -0.2) is 27.9 Å². The Kier molecular flexibility index (Phi) is 3.85. The summed E-state index contributed by atoms with van der Waals surface area (Å²) in [7, 11) is 0. The van der Waals surface area contributed by atoms with Crippen LogP contribution in [0.5, 0.6) is 0 Å². The van der Waals surface area contributed by atoms with Crippen molar-refractivity contribution in [1.82, 2.24) is 4.90 Å². The van der Waals surface area contributed by atoms with E-state index in [0.717, 1.165) is 25.0 Å². The molecule has 120 valence electrons. The predicted molar refractivity (Wildman–Crippen MR) is 74.9 cm³/mol. The van der Waals surface area contributed by atoms with Gasteiger partial charge in [0.2, 0.25) is 5.76 Å². The van der Waals surface area contributed by atoms with E-state index in [1.165, 1.54) is 23.1 Å². The van der Waals surface area contributed by atoms with Gasteiger partial charge >= 0.3 is 5.97 Å². The Morgan fingerprint density at radius 2 is 1.74 bits per heavy atom. The van der Waals surface area contributed by atoms with Gasteiger partial charge in [-0.1, -0.05) is 6.07 Å². The maximum absolute atomic E-state index is 13.8. The molecule has 1 aliphatic carbocycles. The van der Waals surface area contributed by atoms with Crippen molar-refractivity contribution < 1.29 is 27.9 Å². The van der Waals surface area contributed by atoms with E-state index in [4.69, 9.17) is 9.52 Å². The van der Waals surface area contributed by atoms with Crippen LogP contribution < -0.4 is 0 Å². The molecule has 1 amide bonds. The average Bonchev–Trinajstić information content (AvgIpc) is 3.21. The normalized spacial score (nSPS) is 13.8. The van der Waals surface area contributed by atoms with E-state index in [1.807, 2.05) is 0 Å². The van der Waals surface area contributed by atoms with Gasteiger partial charge in [0.1, 0.15) is 11.6 Å². The van der Waals surface area contributed by atoms with Gasteiger partial charge in [-0.3, -0.25) is 4.79 Å². The van der Waals surface area contributed by atoms with E-state index < -0.39 is 23.5 Å². The van der Waals surface area contributed by atoms with Crippen LogP contribution in [-0.2, 0) is 6.54 Å². The second-order valence-corrected chi connectivity index (χ2v) is 5.33. The monoisotopic (exact) mass is 321 g/mol. The number of amides is 1. The summed E-state index contributed by atoms with van der Waals surface area (Å²) >= 11 is 0. The molecule has 1 N–H and O–H groups in total. The third-order valence-corrected chi connectivity index (χ3v) is 3.67. The average molecular weight is 321 g/mol. The molecule has 23 heavy (non-hydrogen) atoms. The number of carbonyl (C=O) groups excluding carboxylic acids is 1. The van der Waals surface area contributed by atoms with Crippen molar-refractivity contribution in [2.24, 2.45) is 0 Å². The highest BCUT2D eigenvalue weighted by atomic mass is 19.1. The zero-order valence-electron chi connectivity index (χ0n) is 12.0. The summed E-state index contributed by atoms with van der Waals surface area (Å²) in [5.74, 6) is -3.85. The number of nitrogens with zero attached hydrogens (tertiary/aromatic N) is 1. The molecule has 1 fully saturated rings. The standard InChI is InChI=1S/C16H13F2NO4/c17-11-2-1-3-12(18)10(11)8-19(9-4-5-9)15(20)13-6-7-14(23-13)16(21)22/h1-3,6-7,9H,4-5,8H2,(H,21,22). The van der Waals surface area contributed by atoms with Crippen LogP contribution in [0.15, 0.2) is 34.7 Å². The highest BCUT2D eigenvalue weighted by Gasteiger charge is 2.35. The molecule has 5 nitrogen and oxygen atoms in total. The fraction of sp³-hybridized carbons (Fsp3) is 0.250. The van der Waals surface area contributed by atoms with Gasteiger partial charge < -0.3 is 14.4 Å². The second-order valence-electron chi connectivity index (χ2n) is 5.33. The van der Waals surface area contributed by atoms with Gasteiger partial charge in [0.15, 0.2) is 5.76 Å². The Morgan fingerprint density at radius 1 is 1.13 bits per heavy atom. The summed E-state index contributed by atoms with van der Waals surface area (Å²) in [4.78, 5) is 24.6. The first-order chi connectivity index (χ1) is 11.0. The first-order valence-corrected chi connectivity index (χ1v) is 7.04. The molecular formula is C16H13F2NO4.